The molecule has 0 spiro atoms. The van der Waals surface area contributed by atoms with Crippen molar-refractivity contribution in [2.45, 2.75) is 50.7 Å². The highest BCUT2D eigenvalue weighted by molar-refractivity contribution is 5.89. The van der Waals surface area contributed by atoms with Crippen LogP contribution in [-0.2, 0) is 20.5 Å². The fraction of sp³-hybridized carbons (Fsp3) is 0.379. The van der Waals surface area contributed by atoms with Crippen LogP contribution in [0.5, 0.6) is 0 Å². The van der Waals surface area contributed by atoms with Crippen molar-refractivity contribution < 1.29 is 14.3 Å². The van der Waals surface area contributed by atoms with Gasteiger partial charge in [-0.2, -0.15) is 0 Å². The normalized spacial score (nSPS) is 25.8. The van der Waals surface area contributed by atoms with E-state index >= 15 is 0 Å². The molecule has 1 saturated heterocycles. The molecule has 2 amide bonds. The van der Waals surface area contributed by atoms with Gasteiger partial charge in [0, 0.05) is 44.5 Å². The van der Waals surface area contributed by atoms with E-state index < -0.39 is 5.60 Å². The first-order chi connectivity index (χ1) is 16.1. The summed E-state index contributed by atoms with van der Waals surface area (Å²) in [7, 11) is 1.83. The molecular weight excluding hydrogens is 424 g/mol. The maximum atomic E-state index is 13.2. The zero-order chi connectivity index (χ0) is 24.5. The molecule has 0 N–H and O–H groups in total. The van der Waals surface area contributed by atoms with Gasteiger partial charge >= 0.3 is 6.09 Å². The number of hydrogen-bond acceptors (Lipinski definition) is 3. The van der Waals surface area contributed by atoms with Crippen molar-refractivity contribution in [2.24, 2.45) is 0 Å². The molecular formula is C29H34N2O3. The Morgan fingerprint density at radius 3 is 2.35 bits per heavy atom. The lowest BCUT2D eigenvalue weighted by Crippen LogP contribution is -2.48. The van der Waals surface area contributed by atoms with Gasteiger partial charge in [0.05, 0.1) is 6.04 Å². The first kappa shape index (κ1) is 23.8. The number of benzene rings is 2. The van der Waals surface area contributed by atoms with Crippen LogP contribution < -0.4 is 0 Å². The summed E-state index contributed by atoms with van der Waals surface area (Å²) in [5, 5.41) is 0. The van der Waals surface area contributed by atoms with E-state index in [0.717, 1.165) is 22.3 Å². The highest BCUT2D eigenvalue weighted by Gasteiger charge is 2.43. The number of ether oxygens (including phenoxy) is 1. The van der Waals surface area contributed by atoms with Crippen LogP contribution in [0.4, 0.5) is 4.79 Å². The molecule has 2 aromatic rings. The second-order valence-corrected chi connectivity index (χ2v) is 10.0. The van der Waals surface area contributed by atoms with E-state index in [1.807, 2.05) is 62.2 Å². The van der Waals surface area contributed by atoms with Crippen molar-refractivity contribution in [1.82, 2.24) is 9.80 Å². The number of carbonyl (C=O) groups excluding carboxylic acids is 2. The third-order valence-corrected chi connectivity index (χ3v) is 7.22. The van der Waals surface area contributed by atoms with E-state index in [4.69, 9.17) is 4.74 Å². The molecule has 2 heterocycles. The zero-order valence-electron chi connectivity index (χ0n) is 20.6. The summed E-state index contributed by atoms with van der Waals surface area (Å²) in [5.74, 6) is 0.0320. The monoisotopic (exact) mass is 458 g/mol. The Morgan fingerprint density at radius 2 is 1.76 bits per heavy atom. The zero-order valence-corrected chi connectivity index (χ0v) is 20.6. The number of rotatable bonds is 6. The SMILES string of the molecule is C=C(C)CC1(c2ccccc2)CCN([C@@H](C)c2ccc(C3(C)C=CC(=O)N(C)C3)cc2)C(=O)O1. The Kier molecular flexibility index (Phi) is 6.39. The van der Waals surface area contributed by atoms with E-state index in [2.05, 4.69) is 37.8 Å². The lowest BCUT2D eigenvalue weighted by molar-refractivity contribution is -0.126. The molecule has 2 unspecified atom stereocenters. The standard InChI is InChI=1S/C29H34N2O3/c1-21(2)19-29(25-9-7-6-8-10-25)17-18-31(27(33)34-29)22(3)23-11-13-24(14-12-23)28(4)16-15-26(32)30(5)20-28/h6-16,22H,1,17-20H2,2-5H3/t22-,28?,29?/m0/s1. The second-order valence-electron chi connectivity index (χ2n) is 10.0. The average molecular weight is 459 g/mol. The number of likely N-dealkylation sites (N-methyl/N-ethyl adjacent to an activating group) is 1. The molecule has 2 aliphatic rings. The van der Waals surface area contributed by atoms with Gasteiger partial charge in [-0.15, -0.1) is 0 Å². The summed E-state index contributed by atoms with van der Waals surface area (Å²) in [6, 6.07) is 18.2. The second kappa shape index (κ2) is 9.13. The highest BCUT2D eigenvalue weighted by Crippen LogP contribution is 2.41. The fourth-order valence-corrected chi connectivity index (χ4v) is 5.20. The Bertz CT molecular complexity index is 1110. The van der Waals surface area contributed by atoms with Crippen LogP contribution in [0.2, 0.25) is 0 Å². The summed E-state index contributed by atoms with van der Waals surface area (Å²) >= 11 is 0. The number of nitrogens with zero attached hydrogens (tertiary/aromatic N) is 2. The molecule has 1 fully saturated rings. The van der Waals surface area contributed by atoms with Crippen LogP contribution in [0.3, 0.4) is 0 Å². The minimum Gasteiger partial charge on any atom is -0.437 e. The maximum Gasteiger partial charge on any atom is 0.411 e. The summed E-state index contributed by atoms with van der Waals surface area (Å²) < 4.78 is 6.16. The highest BCUT2D eigenvalue weighted by atomic mass is 16.6. The van der Waals surface area contributed by atoms with Crippen molar-refractivity contribution >= 4 is 12.0 Å². The van der Waals surface area contributed by atoms with Gasteiger partial charge < -0.3 is 14.5 Å². The molecule has 178 valence electrons. The Hall–Kier alpha value is -3.34. The van der Waals surface area contributed by atoms with Gasteiger partial charge in [-0.1, -0.05) is 79.7 Å². The Labute approximate surface area is 202 Å². The predicted molar refractivity (Wildman–Crippen MR) is 134 cm³/mol. The first-order valence-electron chi connectivity index (χ1n) is 11.9. The molecule has 5 heteroatoms. The molecule has 2 aliphatic heterocycles. The van der Waals surface area contributed by atoms with E-state index in [1.165, 1.54) is 0 Å². The molecule has 0 aliphatic carbocycles. The van der Waals surface area contributed by atoms with E-state index in [1.54, 1.807) is 11.0 Å². The van der Waals surface area contributed by atoms with Crippen molar-refractivity contribution in [3.8, 4) is 0 Å². The van der Waals surface area contributed by atoms with Crippen LogP contribution in [0.25, 0.3) is 0 Å². The maximum absolute atomic E-state index is 13.2. The molecule has 0 bridgehead atoms. The Balaban J connectivity index is 1.52. The minimum absolute atomic E-state index is 0.0320. The van der Waals surface area contributed by atoms with Crippen LogP contribution in [0.15, 0.2) is 78.9 Å². The number of hydrogen-bond donors (Lipinski definition) is 0. The van der Waals surface area contributed by atoms with Crippen molar-refractivity contribution in [1.29, 1.82) is 0 Å². The molecule has 5 nitrogen and oxygen atoms in total. The van der Waals surface area contributed by atoms with Crippen LogP contribution in [-0.4, -0.2) is 41.9 Å². The summed E-state index contributed by atoms with van der Waals surface area (Å²) in [6.07, 6.45) is 4.66. The van der Waals surface area contributed by atoms with Gasteiger partial charge in [0.2, 0.25) is 5.91 Å². The van der Waals surface area contributed by atoms with Gasteiger partial charge in [0.25, 0.3) is 0 Å². The molecule has 3 atom stereocenters. The minimum atomic E-state index is -0.671. The van der Waals surface area contributed by atoms with Gasteiger partial charge in [-0.25, -0.2) is 4.79 Å². The van der Waals surface area contributed by atoms with Crippen LogP contribution in [0.1, 0.15) is 56.3 Å². The largest absolute Gasteiger partial charge is 0.437 e. The summed E-state index contributed by atoms with van der Waals surface area (Å²) in [4.78, 5) is 28.6. The van der Waals surface area contributed by atoms with E-state index in [0.29, 0.717) is 25.9 Å². The topological polar surface area (TPSA) is 49.9 Å². The molecule has 0 radical (unpaired) electrons. The number of amides is 2. The van der Waals surface area contributed by atoms with E-state index in [9.17, 15) is 9.59 Å². The lowest BCUT2D eigenvalue weighted by atomic mass is 9.79. The smallest absolute Gasteiger partial charge is 0.411 e. The molecule has 2 aromatic carbocycles. The van der Waals surface area contributed by atoms with Gasteiger partial charge in [0.1, 0.15) is 5.60 Å². The quantitative estimate of drug-likeness (QED) is 0.519. The van der Waals surface area contributed by atoms with Gasteiger partial charge in [-0.05, 0) is 30.5 Å². The third-order valence-electron chi connectivity index (χ3n) is 7.22. The van der Waals surface area contributed by atoms with Gasteiger partial charge in [0.15, 0.2) is 0 Å². The third kappa shape index (κ3) is 4.52. The molecule has 34 heavy (non-hydrogen) atoms. The van der Waals surface area contributed by atoms with Crippen molar-refractivity contribution in [2.75, 3.05) is 20.1 Å². The van der Waals surface area contributed by atoms with E-state index in [-0.39, 0.29) is 23.5 Å². The molecule has 0 aromatic heterocycles. The predicted octanol–water partition coefficient (Wildman–Crippen LogP) is 5.74. The average Bonchev–Trinajstić information content (AvgIpc) is 2.82. The summed E-state index contributed by atoms with van der Waals surface area (Å²) in [5.41, 5.74) is 3.30. The number of cyclic esters (lactones) is 1. The van der Waals surface area contributed by atoms with Crippen molar-refractivity contribution in [3.63, 3.8) is 0 Å². The first-order valence-corrected chi connectivity index (χ1v) is 11.9. The summed E-state index contributed by atoms with van der Waals surface area (Å²) in [6.45, 7) is 11.5. The number of carbonyl (C=O) groups is 2. The lowest BCUT2D eigenvalue weighted by Gasteiger charge is -2.44. The van der Waals surface area contributed by atoms with Crippen LogP contribution >= 0.6 is 0 Å². The fourth-order valence-electron chi connectivity index (χ4n) is 5.20. The van der Waals surface area contributed by atoms with Crippen molar-refractivity contribution in [3.05, 3.63) is 95.6 Å². The molecule has 0 saturated carbocycles. The van der Waals surface area contributed by atoms with Gasteiger partial charge in [-0.3, -0.25) is 4.79 Å². The molecule has 4 rings (SSSR count). The Morgan fingerprint density at radius 1 is 1.09 bits per heavy atom. The van der Waals surface area contributed by atoms with Crippen LogP contribution in [0, 0.1) is 0 Å².